The first-order valence-electron chi connectivity index (χ1n) is 44.3. The molecule has 0 spiro atoms. The van der Waals surface area contributed by atoms with E-state index in [1.807, 2.05) is 0 Å². The maximum Gasteiger partial charge on any atom is 0.326 e. The van der Waals surface area contributed by atoms with Gasteiger partial charge in [0, 0.05) is 42.7 Å². The molecule has 0 saturated heterocycles. The molecule has 0 aliphatic rings. The number of aliphatic hydroxyl groups excluding tert-OH is 4. The molecule has 51 nitrogen and oxygen atoms in total. The van der Waals surface area contributed by atoms with Gasteiger partial charge >= 0.3 is 11.9 Å². The number of rotatable bonds is 68. The summed E-state index contributed by atoms with van der Waals surface area (Å²) < 4.78 is 0. The van der Waals surface area contributed by atoms with Crippen LogP contribution in [0.15, 0.2) is 12.5 Å². The van der Waals surface area contributed by atoms with E-state index in [0.717, 1.165) is 6.92 Å². The monoisotopic (exact) mass is 1960 g/mol. The number of amides is 19. The second-order valence-corrected chi connectivity index (χ2v) is 35.2. The highest BCUT2D eigenvalue weighted by Gasteiger charge is 2.41. The fourth-order valence-electron chi connectivity index (χ4n) is 13.0. The number of primary amides is 2. The van der Waals surface area contributed by atoms with Crippen LogP contribution in [0.3, 0.4) is 0 Å². The lowest BCUT2D eigenvalue weighted by atomic mass is 9.99. The van der Waals surface area contributed by atoms with Crippen LogP contribution in [0, 0.1) is 29.6 Å². The van der Waals surface area contributed by atoms with Crippen molar-refractivity contribution in [2.75, 3.05) is 51.0 Å². The third-order valence-corrected chi connectivity index (χ3v) is 21.0. The third-order valence-electron chi connectivity index (χ3n) is 20.3. The van der Waals surface area contributed by atoms with Crippen molar-refractivity contribution in [1.29, 1.82) is 0 Å². The first kappa shape index (κ1) is 122. The number of carboxylic acids is 2. The van der Waals surface area contributed by atoms with Crippen molar-refractivity contribution in [3.8, 4) is 0 Å². The van der Waals surface area contributed by atoms with Crippen LogP contribution in [0.4, 0.5) is 0 Å². The van der Waals surface area contributed by atoms with Gasteiger partial charge in [0.2, 0.25) is 112 Å². The first-order chi connectivity index (χ1) is 63.3. The zero-order chi connectivity index (χ0) is 103. The van der Waals surface area contributed by atoms with Gasteiger partial charge in [-0.05, 0) is 127 Å². The molecule has 0 aliphatic carbocycles. The summed E-state index contributed by atoms with van der Waals surface area (Å²) in [5.41, 5.74) is 28.1. The molecule has 0 radical (unpaired) electrons. The second kappa shape index (κ2) is 63.7. The van der Waals surface area contributed by atoms with E-state index in [0.29, 0.717) is 25.0 Å². The van der Waals surface area contributed by atoms with E-state index in [-0.39, 0.29) is 82.0 Å². The number of hydrogen-bond acceptors (Lipinski definition) is 31. The molecule has 0 saturated carbocycles. The number of carboxylic acid groups (broad SMARTS) is 2. The zero-order valence-electron chi connectivity index (χ0n) is 77.9. The molecular formula is C82H142N24O27S2. The molecule has 0 unspecified atom stereocenters. The Morgan fingerprint density at radius 1 is 0.370 bits per heavy atom. The van der Waals surface area contributed by atoms with Crippen LogP contribution in [-0.2, 0) is 107 Å². The zero-order valence-corrected chi connectivity index (χ0v) is 79.7. The van der Waals surface area contributed by atoms with Gasteiger partial charge in [0.1, 0.15) is 96.7 Å². The molecule has 19 amide bonds. The molecule has 18 atom stereocenters. The molecule has 0 bridgehead atoms. The minimum atomic E-state index is -1.95. The van der Waals surface area contributed by atoms with E-state index in [1.54, 1.807) is 55.4 Å². The van der Waals surface area contributed by atoms with Crippen molar-refractivity contribution in [3.05, 3.63) is 18.2 Å². The number of hydrogen-bond donors (Lipinski definition) is 31. The first-order valence-corrected chi connectivity index (χ1v) is 45.6. The highest BCUT2D eigenvalue weighted by Crippen LogP contribution is 2.16. The van der Waals surface area contributed by atoms with Gasteiger partial charge in [0.15, 0.2) is 0 Å². The Hall–Kier alpha value is -11.5. The van der Waals surface area contributed by atoms with Crippen molar-refractivity contribution in [2.45, 2.75) is 288 Å². The van der Waals surface area contributed by atoms with E-state index in [4.69, 9.17) is 28.7 Å². The fraction of sp³-hybridized carbons (Fsp3) is 0.707. The van der Waals surface area contributed by atoms with Crippen molar-refractivity contribution in [3.63, 3.8) is 0 Å². The minimum absolute atomic E-state index is 0.00830. The Bertz CT molecular complexity index is 4090. The average Bonchev–Trinajstić information content (AvgIpc) is 1.68. The van der Waals surface area contributed by atoms with Gasteiger partial charge < -0.3 is 155 Å². The molecule has 34 N–H and O–H groups in total. The van der Waals surface area contributed by atoms with Crippen LogP contribution >= 0.6 is 25.3 Å². The summed E-state index contributed by atoms with van der Waals surface area (Å²) in [6.45, 7) is 13.6. The van der Waals surface area contributed by atoms with E-state index in [2.05, 4.69) is 126 Å². The number of thiol groups is 2. The molecule has 1 aromatic heterocycles. The predicted octanol–water partition coefficient (Wildman–Crippen LogP) is -10.4. The maximum absolute atomic E-state index is 14.3. The standard InChI is InChI=1S/C82H142N24O27S2/c1-38(2)24-50(100-80(130)64(42(9)10)105-79(129)59(36-135)104-81(131)65(43(11)110)106-78(128)58(34-109)103-73(123)53(27-41(7)8)97-75(125)55(29-61(87)112)99-77(127)56(32-107)101-66(116)45(85)35-134)67(117)89-31-62(113)91-46(16-12-14-22-83)68(118)95-52(26-40(5)6)72(122)102-57(33-108)76(126)93-47(18-20-60(86)111)69(119)92-48(19-21-63(114)115)70(120)96-51(25-39(3)4)71(121)98-54(28-44-30-88-37-90-44)74(124)94-49(82(132)133)17-13-15-23-84/h30,37-43,45-59,64-65,107-110,134-135H,12-29,31-36,83-85H2,1-11H3,(H2,86,111)(H2,87,112)(H,88,90)(H,89,117)(H,91,113)(H,92,119)(H,93,126)(H,94,124)(H,95,118)(H,96,120)(H,97,125)(H,98,121)(H,99,127)(H,100,130)(H,101,116)(H,102,122)(H,103,123)(H,104,131)(H,105,129)(H,106,128)(H,114,115)(H,132,133)/t43-,45+,46+,47+,48+,49+,50+,51+,52+,53+,54+,55+,56+,57+,58+,59+,64+,65+/m1/s1. The molecule has 1 rings (SSSR count). The van der Waals surface area contributed by atoms with Crippen molar-refractivity contribution in [1.82, 2.24) is 100 Å². The van der Waals surface area contributed by atoms with Crippen LogP contribution in [-0.4, -0.2) is 325 Å². The number of H-pyrrole nitrogens is 1. The quantitative estimate of drug-likeness (QED) is 0.0213. The number of nitrogens with one attached hydrogen (secondary N) is 18. The second-order valence-electron chi connectivity index (χ2n) is 34.4. The van der Waals surface area contributed by atoms with Crippen molar-refractivity contribution in [2.24, 2.45) is 58.3 Å². The summed E-state index contributed by atoms with van der Waals surface area (Å²) in [7, 11) is 0. The molecule has 1 aromatic rings. The number of carbonyl (C=O) groups excluding carboxylic acids is 19. The molecule has 764 valence electrons. The Labute approximate surface area is 792 Å². The number of aliphatic hydroxyl groups is 4. The maximum atomic E-state index is 14.3. The average molecular weight is 1960 g/mol. The summed E-state index contributed by atoms with van der Waals surface area (Å²) >= 11 is 8.11. The number of carbonyl (C=O) groups is 21. The molecule has 0 aliphatic heterocycles. The Morgan fingerprint density at radius 3 is 1.09 bits per heavy atom. The summed E-state index contributed by atoms with van der Waals surface area (Å²) in [6.07, 6.45) is -2.23. The van der Waals surface area contributed by atoms with Gasteiger partial charge in [-0.15, -0.1) is 0 Å². The molecule has 0 fully saturated rings. The Kier molecular flexibility index (Phi) is 57.3. The SMILES string of the molecule is CC(C)C[C@H](NC(=O)[C@H](CCCCN)NC(=O)CNC(=O)[C@H](CC(C)C)NC(=O)[C@@H](NC(=O)[C@H](CS)NC(=O)[C@@H](NC(=O)[C@H](CO)NC(=O)[C@H](CC(C)C)NC(=O)[C@H](CC(N)=O)NC(=O)[C@H](CO)NC(=O)[C@@H](N)CS)[C@@H](C)O)C(C)C)C(=O)N[C@@H](CO)C(=O)N[C@@H](CCC(N)=O)C(=O)N[C@@H](CCC(=O)O)C(=O)N[C@@H](CC(C)C)C(=O)N[C@@H](Cc1cnc[nH]1)C(=O)N[C@@H](CCCCN)C(=O)O. The predicted molar refractivity (Wildman–Crippen MR) is 490 cm³/mol. The number of aliphatic carboxylic acids is 2. The summed E-state index contributed by atoms with van der Waals surface area (Å²) in [4.78, 5) is 291. The number of unbranched alkanes of at least 4 members (excludes halogenated alkanes) is 2. The highest BCUT2D eigenvalue weighted by molar-refractivity contribution is 7.80. The van der Waals surface area contributed by atoms with Gasteiger partial charge in [-0.1, -0.05) is 69.2 Å². The largest absolute Gasteiger partial charge is 0.481 e. The van der Waals surface area contributed by atoms with Gasteiger partial charge in [0.25, 0.3) is 0 Å². The van der Waals surface area contributed by atoms with Gasteiger partial charge in [0.05, 0.1) is 51.3 Å². The molecule has 0 aromatic carbocycles. The normalized spacial score (nSPS) is 15.3. The number of aromatic nitrogens is 2. The smallest absolute Gasteiger partial charge is 0.326 e. The lowest BCUT2D eigenvalue weighted by Gasteiger charge is -2.29. The van der Waals surface area contributed by atoms with Crippen LogP contribution < -0.4 is 119 Å². The summed E-state index contributed by atoms with van der Waals surface area (Å²) in [5, 5.41) is 102. The number of aromatic amines is 1. The highest BCUT2D eigenvalue weighted by atomic mass is 32.1. The topological polar surface area (TPSA) is 843 Å². The van der Waals surface area contributed by atoms with Crippen molar-refractivity contribution >= 4 is 149 Å². The Balaban J connectivity index is 3.46. The van der Waals surface area contributed by atoms with E-state index in [1.165, 1.54) is 26.4 Å². The lowest BCUT2D eigenvalue weighted by molar-refractivity contribution is -0.142. The summed E-state index contributed by atoms with van der Waals surface area (Å²) in [6, 6.07) is -27.7. The van der Waals surface area contributed by atoms with Crippen LogP contribution in [0.2, 0.25) is 0 Å². The number of nitrogens with zero attached hydrogens (tertiary/aromatic N) is 1. The number of imidazole rings is 1. The molecule has 135 heavy (non-hydrogen) atoms. The number of nitrogens with two attached hydrogens (primary N) is 5. The van der Waals surface area contributed by atoms with E-state index < -0.39 is 315 Å². The molecule has 1 heterocycles. The van der Waals surface area contributed by atoms with E-state index in [9.17, 15) is 131 Å². The van der Waals surface area contributed by atoms with Crippen LogP contribution in [0.1, 0.15) is 178 Å². The van der Waals surface area contributed by atoms with Gasteiger partial charge in [-0.3, -0.25) is 95.9 Å². The van der Waals surface area contributed by atoms with Crippen molar-refractivity contribution < 1.29 is 131 Å². The third kappa shape index (κ3) is 47.0. The molecular weight excluding hydrogens is 1820 g/mol. The summed E-state index contributed by atoms with van der Waals surface area (Å²) in [5.74, 6) is -26.2. The van der Waals surface area contributed by atoms with Crippen LogP contribution in [0.5, 0.6) is 0 Å². The van der Waals surface area contributed by atoms with Gasteiger partial charge in [-0.25, -0.2) is 9.78 Å². The fourth-order valence-corrected chi connectivity index (χ4v) is 13.4. The van der Waals surface area contributed by atoms with Gasteiger partial charge in [-0.2, -0.15) is 25.3 Å². The van der Waals surface area contributed by atoms with Crippen LogP contribution in [0.25, 0.3) is 0 Å². The van der Waals surface area contributed by atoms with E-state index >= 15 is 0 Å². The minimum Gasteiger partial charge on any atom is -0.481 e. The lowest BCUT2D eigenvalue weighted by Crippen LogP contribution is -2.63. The molecule has 53 heteroatoms. The Morgan fingerprint density at radius 2 is 0.704 bits per heavy atom.